The Morgan fingerprint density at radius 2 is 2.17 bits per heavy atom. The van der Waals surface area contributed by atoms with E-state index in [1.165, 1.54) is 13.1 Å². The summed E-state index contributed by atoms with van der Waals surface area (Å²) in [7, 11) is 0. The SMILES string of the molecule is CC(=O)Nc1nc(O)c(C=Nc2ccccc2)s1. The van der Waals surface area contributed by atoms with Gasteiger partial charge in [-0.15, -0.1) is 0 Å². The van der Waals surface area contributed by atoms with Crippen molar-refractivity contribution in [3.63, 3.8) is 0 Å². The van der Waals surface area contributed by atoms with E-state index in [0.717, 1.165) is 17.0 Å². The zero-order valence-corrected chi connectivity index (χ0v) is 10.4. The van der Waals surface area contributed by atoms with Crippen LogP contribution in [0.15, 0.2) is 35.3 Å². The highest BCUT2D eigenvalue weighted by atomic mass is 32.1. The summed E-state index contributed by atoms with van der Waals surface area (Å²) in [6.45, 7) is 1.39. The summed E-state index contributed by atoms with van der Waals surface area (Å²) in [5.74, 6) is -0.362. The Labute approximate surface area is 108 Å². The average Bonchev–Trinajstić information content (AvgIpc) is 2.67. The van der Waals surface area contributed by atoms with Crippen molar-refractivity contribution in [2.75, 3.05) is 5.32 Å². The molecule has 0 atom stereocenters. The van der Waals surface area contributed by atoms with Crippen LogP contribution >= 0.6 is 11.3 Å². The molecule has 0 bridgehead atoms. The fourth-order valence-electron chi connectivity index (χ4n) is 1.26. The number of aromatic hydroxyl groups is 1. The van der Waals surface area contributed by atoms with E-state index in [1.807, 2.05) is 30.3 Å². The molecule has 0 aliphatic rings. The van der Waals surface area contributed by atoms with Crippen LogP contribution in [0, 0.1) is 0 Å². The monoisotopic (exact) mass is 261 g/mol. The maximum Gasteiger partial charge on any atom is 0.233 e. The van der Waals surface area contributed by atoms with Crippen LogP contribution in [0.25, 0.3) is 0 Å². The van der Waals surface area contributed by atoms with Gasteiger partial charge in [-0.3, -0.25) is 9.79 Å². The molecule has 0 saturated heterocycles. The van der Waals surface area contributed by atoms with E-state index in [9.17, 15) is 9.90 Å². The lowest BCUT2D eigenvalue weighted by Crippen LogP contribution is -2.04. The number of thiazole rings is 1. The minimum Gasteiger partial charge on any atom is -0.492 e. The first-order chi connectivity index (χ1) is 8.65. The van der Waals surface area contributed by atoms with Crippen LogP contribution < -0.4 is 5.32 Å². The second kappa shape index (κ2) is 5.42. The van der Waals surface area contributed by atoms with Gasteiger partial charge in [-0.05, 0) is 12.1 Å². The lowest BCUT2D eigenvalue weighted by Gasteiger charge is -1.91. The van der Waals surface area contributed by atoms with Crippen LogP contribution in [-0.2, 0) is 4.79 Å². The van der Waals surface area contributed by atoms with Gasteiger partial charge in [-0.2, -0.15) is 4.98 Å². The number of rotatable bonds is 3. The molecular weight excluding hydrogens is 250 g/mol. The summed E-state index contributed by atoms with van der Waals surface area (Å²) in [6, 6.07) is 9.36. The summed E-state index contributed by atoms with van der Waals surface area (Å²) >= 11 is 1.16. The van der Waals surface area contributed by atoms with Gasteiger partial charge in [-0.25, -0.2) is 0 Å². The van der Waals surface area contributed by atoms with Gasteiger partial charge in [0.15, 0.2) is 5.13 Å². The minimum absolute atomic E-state index is 0.136. The number of para-hydroxylation sites is 1. The number of nitrogens with one attached hydrogen (secondary N) is 1. The van der Waals surface area contributed by atoms with Crippen LogP contribution in [0.3, 0.4) is 0 Å². The van der Waals surface area contributed by atoms with Crippen molar-refractivity contribution in [3.8, 4) is 5.88 Å². The van der Waals surface area contributed by atoms with Crippen molar-refractivity contribution < 1.29 is 9.90 Å². The van der Waals surface area contributed by atoms with Gasteiger partial charge in [0.25, 0.3) is 0 Å². The van der Waals surface area contributed by atoms with Crippen molar-refractivity contribution >= 4 is 34.3 Å². The highest BCUT2D eigenvalue weighted by Crippen LogP contribution is 2.26. The molecule has 2 rings (SSSR count). The number of amides is 1. The maximum absolute atomic E-state index is 10.9. The molecule has 2 N–H and O–H groups in total. The van der Waals surface area contributed by atoms with Crippen molar-refractivity contribution in [3.05, 3.63) is 35.2 Å². The molecule has 1 aromatic heterocycles. The molecule has 2 aromatic rings. The van der Waals surface area contributed by atoms with Gasteiger partial charge in [-0.1, -0.05) is 29.5 Å². The summed E-state index contributed by atoms with van der Waals surface area (Å²) in [5.41, 5.74) is 0.784. The minimum atomic E-state index is -0.227. The third-order valence-electron chi connectivity index (χ3n) is 2.00. The van der Waals surface area contributed by atoms with Crippen LogP contribution in [-0.4, -0.2) is 22.2 Å². The smallest absolute Gasteiger partial charge is 0.233 e. The number of aromatic nitrogens is 1. The number of nitrogens with zero attached hydrogens (tertiary/aromatic N) is 2. The molecule has 0 spiro atoms. The summed E-state index contributed by atoms with van der Waals surface area (Å²) < 4.78 is 0. The van der Waals surface area contributed by atoms with Crippen molar-refractivity contribution in [2.45, 2.75) is 6.92 Å². The van der Waals surface area contributed by atoms with E-state index >= 15 is 0 Å². The van der Waals surface area contributed by atoms with Crippen molar-refractivity contribution in [1.29, 1.82) is 0 Å². The maximum atomic E-state index is 10.9. The number of aliphatic imine (C=N–C) groups is 1. The van der Waals surface area contributed by atoms with Gasteiger partial charge >= 0.3 is 0 Å². The quantitative estimate of drug-likeness (QED) is 0.834. The second-order valence-electron chi connectivity index (χ2n) is 3.48. The van der Waals surface area contributed by atoms with Gasteiger partial charge in [0, 0.05) is 6.92 Å². The highest BCUT2D eigenvalue weighted by Gasteiger charge is 2.08. The van der Waals surface area contributed by atoms with Crippen molar-refractivity contribution in [2.24, 2.45) is 4.99 Å². The lowest BCUT2D eigenvalue weighted by molar-refractivity contribution is -0.114. The van der Waals surface area contributed by atoms with Crippen LogP contribution in [0.2, 0.25) is 0 Å². The second-order valence-corrected chi connectivity index (χ2v) is 4.51. The van der Waals surface area contributed by atoms with Gasteiger partial charge in [0.1, 0.15) is 4.88 Å². The summed E-state index contributed by atoms with van der Waals surface area (Å²) in [6.07, 6.45) is 1.52. The van der Waals surface area contributed by atoms with E-state index in [2.05, 4.69) is 15.3 Å². The molecule has 6 heteroatoms. The number of benzene rings is 1. The Bertz CT molecular complexity index is 578. The molecule has 0 aliphatic carbocycles. The Kier molecular flexibility index (Phi) is 3.69. The van der Waals surface area contributed by atoms with E-state index < -0.39 is 0 Å². The Hall–Kier alpha value is -2.21. The fourth-order valence-corrected chi connectivity index (χ4v) is 2.04. The summed E-state index contributed by atoms with van der Waals surface area (Å²) in [4.78, 5) is 19.4. The first-order valence-corrected chi connectivity index (χ1v) is 6.03. The Morgan fingerprint density at radius 1 is 1.44 bits per heavy atom. The van der Waals surface area contributed by atoms with Gasteiger partial charge < -0.3 is 10.4 Å². The molecule has 0 aliphatic heterocycles. The van der Waals surface area contributed by atoms with Gasteiger partial charge in [0.05, 0.1) is 11.9 Å². The number of anilines is 1. The molecule has 0 fully saturated rings. The van der Waals surface area contributed by atoms with Crippen molar-refractivity contribution in [1.82, 2.24) is 4.98 Å². The molecule has 18 heavy (non-hydrogen) atoms. The molecule has 0 radical (unpaired) electrons. The largest absolute Gasteiger partial charge is 0.492 e. The zero-order chi connectivity index (χ0) is 13.0. The molecule has 1 amide bonds. The lowest BCUT2D eigenvalue weighted by atomic mass is 10.3. The fraction of sp³-hybridized carbons (Fsp3) is 0.0833. The predicted octanol–water partition coefficient (Wildman–Crippen LogP) is 2.56. The molecule has 0 saturated carbocycles. The Morgan fingerprint density at radius 3 is 2.83 bits per heavy atom. The molecule has 1 aromatic carbocycles. The van der Waals surface area contributed by atoms with Crippen LogP contribution in [0.4, 0.5) is 10.8 Å². The zero-order valence-electron chi connectivity index (χ0n) is 9.62. The first kappa shape index (κ1) is 12.3. The molecule has 5 nitrogen and oxygen atoms in total. The topological polar surface area (TPSA) is 74.6 Å². The summed E-state index contributed by atoms with van der Waals surface area (Å²) in [5, 5.41) is 12.4. The normalized spacial score (nSPS) is 10.7. The molecule has 0 unspecified atom stereocenters. The Balaban J connectivity index is 2.17. The molecule has 92 valence electrons. The third kappa shape index (κ3) is 3.14. The van der Waals surface area contributed by atoms with E-state index in [4.69, 9.17) is 0 Å². The number of hydrogen-bond donors (Lipinski definition) is 2. The van der Waals surface area contributed by atoms with Crippen LogP contribution in [0.1, 0.15) is 11.8 Å². The number of carbonyl (C=O) groups is 1. The predicted molar refractivity (Wildman–Crippen MR) is 71.8 cm³/mol. The van der Waals surface area contributed by atoms with E-state index in [0.29, 0.717) is 10.0 Å². The molecule has 1 heterocycles. The number of hydrogen-bond acceptors (Lipinski definition) is 5. The highest BCUT2D eigenvalue weighted by molar-refractivity contribution is 7.17. The standard InChI is InChI=1S/C12H11N3O2S/c1-8(16)14-12-15-11(17)10(18-12)7-13-9-5-3-2-4-6-9/h2-7,17H,1H3,(H,14,15,16). The van der Waals surface area contributed by atoms with Crippen LogP contribution in [0.5, 0.6) is 5.88 Å². The number of carbonyl (C=O) groups excluding carboxylic acids is 1. The molecular formula is C12H11N3O2S. The van der Waals surface area contributed by atoms with E-state index in [1.54, 1.807) is 0 Å². The third-order valence-corrected chi connectivity index (χ3v) is 2.90. The first-order valence-electron chi connectivity index (χ1n) is 5.21. The average molecular weight is 261 g/mol. The van der Waals surface area contributed by atoms with E-state index in [-0.39, 0.29) is 11.8 Å². The van der Waals surface area contributed by atoms with Gasteiger partial charge in [0.2, 0.25) is 11.8 Å².